The summed E-state index contributed by atoms with van der Waals surface area (Å²) in [6, 6.07) is -0.636. The molecular weight excluding hydrogens is 406 g/mol. The molecule has 0 aromatic rings. The second-order valence-corrected chi connectivity index (χ2v) is 20.6. The Kier molecular flexibility index (Phi) is 6.67. The highest BCUT2D eigenvalue weighted by atomic mass is 28.4. The fourth-order valence-electron chi connectivity index (χ4n) is 2.68. The van der Waals surface area contributed by atoms with Gasteiger partial charge in [0.1, 0.15) is 12.2 Å². The second kappa shape index (κ2) is 7.95. The molecule has 168 valence electrons. The summed E-state index contributed by atoms with van der Waals surface area (Å²) in [5.41, 5.74) is 5.19. The summed E-state index contributed by atoms with van der Waals surface area (Å²) in [4.78, 5) is 15.5. The van der Waals surface area contributed by atoms with E-state index in [2.05, 4.69) is 78.0 Å². The largest absolute Gasteiger partial charge is 0.454 e. The molecule has 0 spiro atoms. The maximum absolute atomic E-state index is 11.2. The summed E-state index contributed by atoms with van der Waals surface area (Å²) in [5.74, 6) is 0. The summed E-state index contributed by atoms with van der Waals surface area (Å²) in [7, 11) is -4.05. The number of aliphatic imine (C=N–C) groups is 1. The number of fused-ring (bicyclic) bond motifs is 1. The van der Waals surface area contributed by atoms with Crippen LogP contribution >= 0.6 is 0 Å². The van der Waals surface area contributed by atoms with Crippen LogP contribution in [-0.4, -0.2) is 59.8 Å². The Balaban J connectivity index is 2.20. The number of hydrogen-bond acceptors (Lipinski definition) is 6. The number of primary amides is 1. The molecule has 29 heavy (non-hydrogen) atoms. The van der Waals surface area contributed by atoms with Crippen molar-refractivity contribution in [2.75, 3.05) is 6.61 Å². The summed E-state index contributed by atoms with van der Waals surface area (Å²) in [6.07, 6.45) is -1.59. The lowest BCUT2D eigenvalue weighted by molar-refractivity contribution is -0.0137. The standard InChI is InChI=1S/C19H39N3O5Si2/c1-18(2,3)28(7,8)24-11-12-13(27-29(9,10)19(4,5)6)14-15(25-12)21-17(26-14)22-16(20)23/h12-15H,11H2,1-10H3,(H3,20,21,22,23)/t12-,13-,14+,15-/m1/s1. The van der Waals surface area contributed by atoms with E-state index >= 15 is 0 Å². The zero-order chi connectivity index (χ0) is 22.4. The lowest BCUT2D eigenvalue weighted by Crippen LogP contribution is -2.52. The van der Waals surface area contributed by atoms with Gasteiger partial charge < -0.3 is 24.1 Å². The molecule has 2 amide bonds. The molecule has 0 aromatic carbocycles. The molecule has 8 nitrogen and oxygen atoms in total. The quantitative estimate of drug-likeness (QED) is 0.630. The van der Waals surface area contributed by atoms with Crippen LogP contribution in [0.3, 0.4) is 0 Å². The first-order valence-corrected chi connectivity index (χ1v) is 16.0. The van der Waals surface area contributed by atoms with Crippen LogP contribution in [0.2, 0.25) is 36.3 Å². The zero-order valence-electron chi connectivity index (χ0n) is 19.6. The molecule has 4 atom stereocenters. The molecule has 2 rings (SSSR count). The van der Waals surface area contributed by atoms with Gasteiger partial charge in [0, 0.05) is 0 Å². The average molecular weight is 446 g/mol. The van der Waals surface area contributed by atoms with E-state index in [0.29, 0.717) is 6.61 Å². The molecule has 2 heterocycles. The first kappa shape index (κ1) is 24.3. The molecule has 0 aliphatic carbocycles. The van der Waals surface area contributed by atoms with E-state index in [9.17, 15) is 4.79 Å². The van der Waals surface area contributed by atoms with Crippen molar-refractivity contribution in [3.63, 3.8) is 0 Å². The average Bonchev–Trinajstić information content (AvgIpc) is 3.00. The highest BCUT2D eigenvalue weighted by Crippen LogP contribution is 2.42. The number of nitrogens with one attached hydrogen (secondary N) is 1. The zero-order valence-corrected chi connectivity index (χ0v) is 21.6. The number of nitrogens with two attached hydrogens (primary N) is 1. The lowest BCUT2D eigenvalue weighted by Gasteiger charge is -2.41. The van der Waals surface area contributed by atoms with Gasteiger partial charge in [-0.25, -0.2) is 4.79 Å². The van der Waals surface area contributed by atoms with Crippen molar-refractivity contribution in [2.24, 2.45) is 10.7 Å². The van der Waals surface area contributed by atoms with Crippen molar-refractivity contribution in [2.45, 2.75) is 102 Å². The molecule has 0 radical (unpaired) electrons. The molecule has 10 heteroatoms. The summed E-state index contributed by atoms with van der Waals surface area (Å²) >= 11 is 0. The summed E-state index contributed by atoms with van der Waals surface area (Å²) < 4.78 is 25.2. The highest BCUT2D eigenvalue weighted by molar-refractivity contribution is 6.74. The third-order valence-corrected chi connectivity index (χ3v) is 15.6. The fraction of sp³-hybridized carbons (Fsp3) is 0.895. The Labute approximate surface area is 177 Å². The molecule has 3 N–H and O–H groups in total. The number of carbonyl (C=O) groups excluding carboxylic acids is 1. The second-order valence-electron chi connectivity index (χ2n) is 11.0. The van der Waals surface area contributed by atoms with Crippen LogP contribution in [-0.2, 0) is 18.3 Å². The Bertz CT molecular complexity index is 655. The topological polar surface area (TPSA) is 104 Å². The number of carbonyl (C=O) groups is 1. The summed E-state index contributed by atoms with van der Waals surface area (Å²) in [6.45, 7) is 22.5. The van der Waals surface area contributed by atoms with E-state index in [1.807, 2.05) is 0 Å². The van der Waals surface area contributed by atoms with E-state index in [1.165, 1.54) is 0 Å². The maximum atomic E-state index is 11.2. The van der Waals surface area contributed by atoms with Crippen LogP contribution in [0, 0.1) is 0 Å². The maximum Gasteiger partial charge on any atom is 0.320 e. The van der Waals surface area contributed by atoms with Crippen molar-refractivity contribution in [3.8, 4) is 0 Å². The minimum absolute atomic E-state index is 0.0314. The molecule has 0 unspecified atom stereocenters. The van der Waals surface area contributed by atoms with Gasteiger partial charge >= 0.3 is 6.03 Å². The number of nitrogens with zero attached hydrogens (tertiary/aromatic N) is 1. The lowest BCUT2D eigenvalue weighted by atomic mass is 10.1. The van der Waals surface area contributed by atoms with Gasteiger partial charge in [-0.05, 0) is 36.3 Å². The van der Waals surface area contributed by atoms with Crippen molar-refractivity contribution in [1.82, 2.24) is 5.32 Å². The fourth-order valence-corrected chi connectivity index (χ4v) is 5.01. The van der Waals surface area contributed by atoms with Gasteiger partial charge in [-0.3, -0.25) is 5.32 Å². The van der Waals surface area contributed by atoms with Gasteiger partial charge in [0.05, 0.1) is 6.61 Å². The first-order chi connectivity index (χ1) is 12.9. The minimum Gasteiger partial charge on any atom is -0.454 e. The Morgan fingerprint density at radius 2 is 1.66 bits per heavy atom. The van der Waals surface area contributed by atoms with Crippen LogP contribution in [0.25, 0.3) is 0 Å². The number of urea groups is 1. The van der Waals surface area contributed by atoms with Gasteiger partial charge in [0.25, 0.3) is 6.02 Å². The van der Waals surface area contributed by atoms with E-state index in [1.54, 1.807) is 0 Å². The third-order valence-electron chi connectivity index (χ3n) is 6.66. The number of hydrogen-bond donors (Lipinski definition) is 2. The smallest absolute Gasteiger partial charge is 0.320 e. The molecule has 1 fully saturated rings. The number of amidine groups is 1. The van der Waals surface area contributed by atoms with E-state index in [-0.39, 0.29) is 28.3 Å². The minimum atomic E-state index is -2.10. The van der Waals surface area contributed by atoms with Crippen molar-refractivity contribution in [3.05, 3.63) is 0 Å². The molecule has 2 aliphatic heterocycles. The Hall–Kier alpha value is -0.946. The van der Waals surface area contributed by atoms with E-state index in [4.69, 9.17) is 24.1 Å². The Morgan fingerprint density at radius 1 is 1.10 bits per heavy atom. The van der Waals surface area contributed by atoms with Crippen LogP contribution < -0.4 is 11.1 Å². The van der Waals surface area contributed by atoms with Gasteiger partial charge in [0.15, 0.2) is 29.0 Å². The Morgan fingerprint density at radius 3 is 2.14 bits per heavy atom. The van der Waals surface area contributed by atoms with Crippen molar-refractivity contribution < 1.29 is 23.1 Å². The first-order valence-electron chi connectivity index (χ1n) is 10.2. The molecular formula is C19H39N3O5Si2. The van der Waals surface area contributed by atoms with Crippen molar-refractivity contribution in [1.29, 1.82) is 0 Å². The van der Waals surface area contributed by atoms with Gasteiger partial charge in [-0.15, -0.1) is 0 Å². The van der Waals surface area contributed by atoms with Crippen LogP contribution in [0.15, 0.2) is 4.99 Å². The van der Waals surface area contributed by atoms with Gasteiger partial charge in [-0.2, -0.15) is 4.99 Å². The van der Waals surface area contributed by atoms with Crippen LogP contribution in [0.1, 0.15) is 41.5 Å². The van der Waals surface area contributed by atoms with Crippen molar-refractivity contribution >= 4 is 28.7 Å². The van der Waals surface area contributed by atoms with Gasteiger partial charge in [-0.1, -0.05) is 41.5 Å². The number of amides is 2. The predicted octanol–water partition coefficient (Wildman–Crippen LogP) is 3.55. The van der Waals surface area contributed by atoms with Gasteiger partial charge in [0.2, 0.25) is 0 Å². The molecule has 0 saturated carbocycles. The van der Waals surface area contributed by atoms with E-state index in [0.717, 1.165) is 0 Å². The van der Waals surface area contributed by atoms with E-state index < -0.39 is 35.0 Å². The normalized spacial score (nSPS) is 28.0. The number of ether oxygens (including phenoxy) is 2. The number of rotatable bonds is 5. The SMILES string of the molecule is CC(C)(C)[Si](C)(C)OC[C@H]1O[C@H]2N=C(NC(N)=O)O[C@H]2[C@@H]1O[Si](C)(C)C(C)(C)C. The third kappa shape index (κ3) is 5.40. The predicted molar refractivity (Wildman–Crippen MR) is 119 cm³/mol. The van der Waals surface area contributed by atoms with Crippen LogP contribution in [0.4, 0.5) is 4.79 Å². The molecule has 1 saturated heterocycles. The summed E-state index contributed by atoms with van der Waals surface area (Å²) in [5, 5.41) is 2.53. The molecule has 0 aromatic heterocycles. The molecule has 0 bridgehead atoms. The highest BCUT2D eigenvalue weighted by Gasteiger charge is 2.54. The van der Waals surface area contributed by atoms with Crippen LogP contribution in [0.5, 0.6) is 0 Å². The molecule has 2 aliphatic rings. The monoisotopic (exact) mass is 445 g/mol.